The summed E-state index contributed by atoms with van der Waals surface area (Å²) < 4.78 is 66.4. The van der Waals surface area contributed by atoms with Gasteiger partial charge >= 0.3 is 15.5 Å². The maximum absolute atomic E-state index is 12.6. The Morgan fingerprint density at radius 1 is 1.24 bits per heavy atom. The molecular formula is C17H34F3N5O3S. The van der Waals surface area contributed by atoms with E-state index in [0.29, 0.717) is 42.7 Å². The van der Waals surface area contributed by atoms with Crippen LogP contribution >= 0.6 is 0 Å². The molecule has 1 fully saturated rings. The molecule has 2 N–H and O–H groups in total. The smallest absolute Gasteiger partial charge is 0.385 e. The van der Waals surface area contributed by atoms with E-state index < -0.39 is 15.5 Å². The number of hydrogen-bond acceptors (Lipinski definition) is 5. The number of hydrogen-bond donors (Lipinski definition) is 2. The number of nitrogens with one attached hydrogen (secondary N) is 2. The van der Waals surface area contributed by atoms with Gasteiger partial charge in [0.1, 0.15) is 0 Å². The van der Waals surface area contributed by atoms with Crippen molar-refractivity contribution in [3.05, 3.63) is 0 Å². The molecule has 0 unspecified atom stereocenters. The highest BCUT2D eigenvalue weighted by Crippen LogP contribution is 2.30. The quantitative estimate of drug-likeness (QED) is 0.281. The summed E-state index contributed by atoms with van der Waals surface area (Å²) in [6.45, 7) is 6.04. The molecule has 1 heterocycles. The van der Waals surface area contributed by atoms with E-state index in [2.05, 4.69) is 20.5 Å². The lowest BCUT2D eigenvalue weighted by Crippen LogP contribution is -2.45. The highest BCUT2D eigenvalue weighted by Gasteiger charge is 2.50. The molecule has 8 nitrogen and oxygen atoms in total. The third-order valence-electron chi connectivity index (χ3n) is 4.73. The molecule has 1 saturated heterocycles. The average Bonchev–Trinajstić information content (AvgIpc) is 2.65. The molecular weight excluding hydrogens is 411 g/mol. The van der Waals surface area contributed by atoms with Crippen molar-refractivity contribution in [1.29, 1.82) is 0 Å². The van der Waals surface area contributed by atoms with Crippen LogP contribution in [0.2, 0.25) is 0 Å². The van der Waals surface area contributed by atoms with Gasteiger partial charge in [0.05, 0.1) is 0 Å². The average molecular weight is 446 g/mol. The Balaban J connectivity index is 2.42. The number of nitrogens with zero attached hydrogens (tertiary/aromatic N) is 3. The molecule has 12 heteroatoms. The molecule has 0 saturated carbocycles. The zero-order valence-corrected chi connectivity index (χ0v) is 18.3. The van der Waals surface area contributed by atoms with Crippen LogP contribution < -0.4 is 10.6 Å². The maximum Gasteiger partial charge on any atom is 0.511 e. The molecule has 1 aliphatic heterocycles. The summed E-state index contributed by atoms with van der Waals surface area (Å²) in [7, 11) is -1.52. The van der Waals surface area contributed by atoms with Gasteiger partial charge in [0.25, 0.3) is 0 Å². The fraction of sp³-hybridized carbons (Fsp3) is 0.941. The van der Waals surface area contributed by atoms with E-state index in [4.69, 9.17) is 4.74 Å². The number of guanidine groups is 1. The molecule has 0 bridgehead atoms. The minimum Gasteiger partial charge on any atom is -0.385 e. The van der Waals surface area contributed by atoms with Crippen LogP contribution in [0.3, 0.4) is 0 Å². The Morgan fingerprint density at radius 3 is 2.45 bits per heavy atom. The number of piperidine rings is 1. The summed E-state index contributed by atoms with van der Waals surface area (Å²) in [5.41, 5.74) is -5.24. The van der Waals surface area contributed by atoms with Gasteiger partial charge in [-0.15, -0.1) is 0 Å². The third kappa shape index (κ3) is 9.06. The Labute approximate surface area is 171 Å². The second-order valence-corrected chi connectivity index (χ2v) is 9.02. The summed E-state index contributed by atoms with van der Waals surface area (Å²) in [6.07, 6.45) is 1.69. The lowest BCUT2D eigenvalue weighted by atomic mass is 9.98. The van der Waals surface area contributed by atoms with Crippen LogP contribution in [0.4, 0.5) is 13.2 Å². The number of likely N-dealkylation sites (N-methyl/N-ethyl adjacent to an activating group) is 1. The van der Waals surface area contributed by atoms with Crippen molar-refractivity contribution in [2.45, 2.75) is 31.7 Å². The second-order valence-electron chi connectivity index (χ2n) is 7.09. The van der Waals surface area contributed by atoms with E-state index in [1.54, 1.807) is 7.11 Å². The van der Waals surface area contributed by atoms with Gasteiger partial charge in [0, 0.05) is 59.5 Å². The summed E-state index contributed by atoms with van der Waals surface area (Å²) in [6, 6.07) is 0. The van der Waals surface area contributed by atoms with Gasteiger partial charge < -0.3 is 20.3 Å². The summed E-state index contributed by atoms with van der Waals surface area (Å²) in [4.78, 5) is 6.70. The summed E-state index contributed by atoms with van der Waals surface area (Å²) in [5, 5.41) is 6.39. The molecule has 0 aliphatic carbocycles. The van der Waals surface area contributed by atoms with Crippen molar-refractivity contribution in [3.8, 4) is 0 Å². The van der Waals surface area contributed by atoms with Crippen LogP contribution in [-0.2, 0) is 14.8 Å². The molecule has 172 valence electrons. The molecule has 0 spiro atoms. The maximum atomic E-state index is 12.6. The van der Waals surface area contributed by atoms with Crippen molar-refractivity contribution >= 4 is 16.0 Å². The van der Waals surface area contributed by atoms with E-state index in [1.165, 1.54) is 0 Å². The van der Waals surface area contributed by atoms with Crippen LogP contribution in [0.1, 0.15) is 26.2 Å². The van der Waals surface area contributed by atoms with E-state index in [-0.39, 0.29) is 19.0 Å². The minimum atomic E-state index is -5.24. The van der Waals surface area contributed by atoms with E-state index >= 15 is 0 Å². The fourth-order valence-corrected chi connectivity index (χ4v) is 3.98. The van der Waals surface area contributed by atoms with Crippen LogP contribution in [-0.4, -0.2) is 95.7 Å². The number of halogens is 3. The van der Waals surface area contributed by atoms with Crippen molar-refractivity contribution in [2.24, 2.45) is 10.9 Å². The van der Waals surface area contributed by atoms with Crippen LogP contribution in [0.15, 0.2) is 4.99 Å². The first kappa shape index (κ1) is 25.9. The predicted molar refractivity (Wildman–Crippen MR) is 107 cm³/mol. The Bertz CT molecular complexity index is 594. The Kier molecular flexibility index (Phi) is 11.2. The molecule has 0 radical (unpaired) electrons. The van der Waals surface area contributed by atoms with Crippen LogP contribution in [0.5, 0.6) is 0 Å². The topological polar surface area (TPSA) is 86.3 Å². The monoisotopic (exact) mass is 445 g/mol. The molecule has 0 aromatic heterocycles. The van der Waals surface area contributed by atoms with Crippen molar-refractivity contribution in [1.82, 2.24) is 19.8 Å². The van der Waals surface area contributed by atoms with Gasteiger partial charge in [-0.3, -0.25) is 4.99 Å². The van der Waals surface area contributed by atoms with E-state index in [1.807, 2.05) is 14.0 Å². The van der Waals surface area contributed by atoms with Crippen LogP contribution in [0, 0.1) is 5.92 Å². The summed E-state index contributed by atoms with van der Waals surface area (Å²) >= 11 is 0. The molecule has 0 amide bonds. The third-order valence-corrected chi connectivity index (χ3v) is 6.36. The highest BCUT2D eigenvalue weighted by molar-refractivity contribution is 7.90. The predicted octanol–water partition coefficient (Wildman–Crippen LogP) is 1.07. The zero-order valence-electron chi connectivity index (χ0n) is 17.5. The van der Waals surface area contributed by atoms with Crippen molar-refractivity contribution in [2.75, 3.05) is 66.6 Å². The largest absolute Gasteiger partial charge is 0.511 e. The van der Waals surface area contributed by atoms with Gasteiger partial charge in [-0.05, 0) is 39.2 Å². The number of methoxy groups -OCH3 is 1. The molecule has 1 aliphatic rings. The number of ether oxygens (including phenoxy) is 1. The first-order chi connectivity index (χ1) is 13.6. The van der Waals surface area contributed by atoms with Crippen molar-refractivity contribution < 1.29 is 26.3 Å². The van der Waals surface area contributed by atoms with Gasteiger partial charge in [-0.2, -0.15) is 17.5 Å². The lowest BCUT2D eigenvalue weighted by molar-refractivity contribution is -0.0496. The first-order valence-corrected chi connectivity index (χ1v) is 11.3. The minimum absolute atomic E-state index is 0.0573. The molecule has 0 aromatic rings. The Morgan fingerprint density at radius 2 is 1.90 bits per heavy atom. The summed E-state index contributed by atoms with van der Waals surface area (Å²) in [5.74, 6) is 0.713. The van der Waals surface area contributed by atoms with Gasteiger partial charge in [0.15, 0.2) is 5.96 Å². The molecule has 1 rings (SSSR count). The van der Waals surface area contributed by atoms with Gasteiger partial charge in [-0.25, -0.2) is 8.42 Å². The standard InChI is InChI=1S/C17H34F3N5O3S/c1-4-21-16(22-8-12-24(2)9-5-13-28-3)23-14-15-6-10-25(11-7-15)29(26,27)17(18,19)20/h15H,4-14H2,1-3H3,(H2,21,22,23). The SMILES string of the molecule is CCNC(=NCC1CCN(S(=O)(=O)C(F)(F)F)CC1)NCCN(C)CCCOC. The van der Waals surface area contributed by atoms with Gasteiger partial charge in [0.2, 0.25) is 0 Å². The highest BCUT2D eigenvalue weighted by atomic mass is 32.2. The van der Waals surface area contributed by atoms with E-state index in [9.17, 15) is 21.6 Å². The molecule has 0 atom stereocenters. The fourth-order valence-electron chi connectivity index (χ4n) is 3.00. The first-order valence-electron chi connectivity index (χ1n) is 9.87. The van der Waals surface area contributed by atoms with Gasteiger partial charge in [-0.1, -0.05) is 0 Å². The van der Waals surface area contributed by atoms with E-state index in [0.717, 1.165) is 26.1 Å². The Hall–Kier alpha value is -1.11. The molecule has 29 heavy (non-hydrogen) atoms. The number of sulfonamides is 1. The normalized spacial score (nSPS) is 17.7. The number of rotatable bonds is 11. The molecule has 0 aromatic carbocycles. The van der Waals surface area contributed by atoms with Crippen LogP contribution in [0.25, 0.3) is 0 Å². The number of alkyl halides is 3. The van der Waals surface area contributed by atoms with Crippen molar-refractivity contribution in [3.63, 3.8) is 0 Å². The zero-order chi connectivity index (χ0) is 21.9. The lowest BCUT2D eigenvalue weighted by Gasteiger charge is -2.31. The number of aliphatic imine (C=N–C) groups is 1. The second kappa shape index (κ2) is 12.6.